The van der Waals surface area contributed by atoms with E-state index in [0.29, 0.717) is 6.54 Å². The van der Waals surface area contributed by atoms with Crippen LogP contribution in [0.5, 0.6) is 0 Å². The summed E-state index contributed by atoms with van der Waals surface area (Å²) in [6.07, 6.45) is 3.24. The minimum Gasteiger partial charge on any atom is -0.392 e. The van der Waals surface area contributed by atoms with E-state index < -0.39 is 0 Å². The first-order chi connectivity index (χ1) is 7.66. The van der Waals surface area contributed by atoms with Crippen LogP contribution in [0, 0.1) is 11.2 Å². The summed E-state index contributed by atoms with van der Waals surface area (Å²) in [6.45, 7) is 0.492. The molecular formula is C13H18FNO. The molecule has 2 atom stereocenters. The first-order valence-electron chi connectivity index (χ1n) is 5.79. The third kappa shape index (κ3) is 2.11. The van der Waals surface area contributed by atoms with Crippen molar-refractivity contribution in [3.63, 3.8) is 0 Å². The van der Waals surface area contributed by atoms with Crippen molar-refractivity contribution in [3.05, 3.63) is 35.6 Å². The fraction of sp³-hybridized carbons (Fsp3) is 0.538. The van der Waals surface area contributed by atoms with E-state index in [-0.39, 0.29) is 17.3 Å². The molecule has 16 heavy (non-hydrogen) atoms. The predicted octanol–water partition coefficient (Wildman–Crippen LogP) is 1.86. The van der Waals surface area contributed by atoms with Gasteiger partial charge in [-0.2, -0.15) is 0 Å². The van der Waals surface area contributed by atoms with Gasteiger partial charge in [-0.05, 0) is 37.0 Å². The van der Waals surface area contributed by atoms with E-state index in [4.69, 9.17) is 5.73 Å². The molecule has 3 heteroatoms. The molecule has 0 bridgehead atoms. The molecule has 0 unspecified atom stereocenters. The number of nitrogens with two attached hydrogens (primary N) is 1. The number of benzene rings is 1. The zero-order valence-electron chi connectivity index (χ0n) is 9.32. The lowest BCUT2D eigenvalue weighted by Crippen LogP contribution is -2.39. The van der Waals surface area contributed by atoms with Crippen LogP contribution >= 0.6 is 0 Å². The van der Waals surface area contributed by atoms with Crippen molar-refractivity contribution < 1.29 is 9.50 Å². The van der Waals surface area contributed by atoms with Gasteiger partial charge in [0.2, 0.25) is 0 Å². The zero-order chi connectivity index (χ0) is 11.6. The van der Waals surface area contributed by atoms with E-state index in [0.717, 1.165) is 31.2 Å². The SMILES string of the molecule is NC[C@]1(Cc2ccc(F)cc2)CCC[C@H]1O. The van der Waals surface area contributed by atoms with Gasteiger partial charge in [-0.25, -0.2) is 4.39 Å². The fourth-order valence-corrected chi connectivity index (χ4v) is 2.65. The minimum atomic E-state index is -0.317. The van der Waals surface area contributed by atoms with Crippen molar-refractivity contribution in [1.82, 2.24) is 0 Å². The van der Waals surface area contributed by atoms with Crippen LogP contribution in [0.2, 0.25) is 0 Å². The summed E-state index contributed by atoms with van der Waals surface area (Å²) in [6, 6.07) is 6.47. The number of halogens is 1. The largest absolute Gasteiger partial charge is 0.392 e. The highest BCUT2D eigenvalue weighted by Gasteiger charge is 2.40. The van der Waals surface area contributed by atoms with Crippen LogP contribution in [0.1, 0.15) is 24.8 Å². The first kappa shape index (κ1) is 11.6. The van der Waals surface area contributed by atoms with Gasteiger partial charge in [0.15, 0.2) is 0 Å². The highest BCUT2D eigenvalue weighted by Crippen LogP contribution is 2.40. The molecule has 1 aromatic rings. The van der Waals surface area contributed by atoms with E-state index in [9.17, 15) is 9.50 Å². The standard InChI is InChI=1S/C13H18FNO/c14-11-5-3-10(4-6-11)8-13(9-15)7-1-2-12(13)16/h3-6,12,16H,1-2,7-9,15H2/t12-,13-/m1/s1. The van der Waals surface area contributed by atoms with Crippen LogP contribution in [-0.4, -0.2) is 17.8 Å². The smallest absolute Gasteiger partial charge is 0.123 e. The number of hydrogen-bond acceptors (Lipinski definition) is 2. The molecule has 3 N–H and O–H groups in total. The van der Waals surface area contributed by atoms with Crippen LogP contribution in [0.15, 0.2) is 24.3 Å². The molecule has 1 aliphatic rings. The number of aliphatic hydroxyl groups excluding tert-OH is 1. The maximum Gasteiger partial charge on any atom is 0.123 e. The van der Waals surface area contributed by atoms with Crippen molar-refractivity contribution in [2.75, 3.05) is 6.54 Å². The molecular weight excluding hydrogens is 205 g/mol. The average Bonchev–Trinajstić information content (AvgIpc) is 2.64. The van der Waals surface area contributed by atoms with Crippen LogP contribution in [0.3, 0.4) is 0 Å². The summed E-state index contributed by atoms with van der Waals surface area (Å²) < 4.78 is 12.8. The number of hydrogen-bond donors (Lipinski definition) is 2. The number of rotatable bonds is 3. The Balaban J connectivity index is 2.15. The molecule has 0 heterocycles. The molecule has 1 saturated carbocycles. The number of aliphatic hydroxyl groups is 1. The predicted molar refractivity (Wildman–Crippen MR) is 61.4 cm³/mol. The molecule has 2 nitrogen and oxygen atoms in total. The first-order valence-corrected chi connectivity index (χ1v) is 5.79. The van der Waals surface area contributed by atoms with Crippen LogP contribution in [0.25, 0.3) is 0 Å². The van der Waals surface area contributed by atoms with Crippen molar-refractivity contribution in [3.8, 4) is 0 Å². The molecule has 1 aliphatic carbocycles. The monoisotopic (exact) mass is 223 g/mol. The Morgan fingerprint density at radius 3 is 2.56 bits per heavy atom. The second kappa shape index (κ2) is 4.52. The van der Waals surface area contributed by atoms with E-state index >= 15 is 0 Å². The lowest BCUT2D eigenvalue weighted by molar-refractivity contribution is 0.0588. The second-order valence-electron chi connectivity index (χ2n) is 4.78. The van der Waals surface area contributed by atoms with Crippen LogP contribution in [0.4, 0.5) is 4.39 Å². The third-order valence-corrected chi connectivity index (χ3v) is 3.74. The van der Waals surface area contributed by atoms with Crippen molar-refractivity contribution in [2.45, 2.75) is 31.8 Å². The van der Waals surface area contributed by atoms with Gasteiger partial charge in [-0.3, -0.25) is 0 Å². The molecule has 88 valence electrons. The fourth-order valence-electron chi connectivity index (χ4n) is 2.65. The third-order valence-electron chi connectivity index (χ3n) is 3.74. The topological polar surface area (TPSA) is 46.2 Å². The van der Waals surface area contributed by atoms with Gasteiger partial charge in [-0.15, -0.1) is 0 Å². The Morgan fingerprint density at radius 1 is 1.38 bits per heavy atom. The molecule has 1 fully saturated rings. The van der Waals surface area contributed by atoms with E-state index in [1.54, 1.807) is 12.1 Å². The van der Waals surface area contributed by atoms with E-state index in [1.165, 1.54) is 12.1 Å². The Morgan fingerprint density at radius 2 is 2.06 bits per heavy atom. The summed E-state index contributed by atoms with van der Waals surface area (Å²) >= 11 is 0. The summed E-state index contributed by atoms with van der Waals surface area (Å²) in [4.78, 5) is 0. The Kier molecular flexibility index (Phi) is 3.26. The highest BCUT2D eigenvalue weighted by molar-refractivity contribution is 5.19. The van der Waals surface area contributed by atoms with Crippen molar-refractivity contribution >= 4 is 0 Å². The lowest BCUT2D eigenvalue weighted by atomic mass is 9.78. The normalized spacial score (nSPS) is 29.6. The molecule has 0 radical (unpaired) electrons. The van der Waals surface area contributed by atoms with Crippen LogP contribution in [-0.2, 0) is 6.42 Å². The van der Waals surface area contributed by atoms with Gasteiger partial charge in [0.1, 0.15) is 5.82 Å². The summed E-state index contributed by atoms with van der Waals surface area (Å²) in [7, 11) is 0. The molecule has 1 aromatic carbocycles. The Hall–Kier alpha value is -0.930. The van der Waals surface area contributed by atoms with Crippen molar-refractivity contribution in [1.29, 1.82) is 0 Å². The maximum atomic E-state index is 12.8. The lowest BCUT2D eigenvalue weighted by Gasteiger charge is -2.31. The summed E-state index contributed by atoms with van der Waals surface area (Å²) in [5.41, 5.74) is 6.66. The van der Waals surface area contributed by atoms with Gasteiger partial charge >= 0.3 is 0 Å². The molecule has 0 amide bonds. The van der Waals surface area contributed by atoms with E-state index in [2.05, 4.69) is 0 Å². The van der Waals surface area contributed by atoms with Gasteiger partial charge < -0.3 is 10.8 Å². The molecule has 0 spiro atoms. The van der Waals surface area contributed by atoms with Crippen molar-refractivity contribution in [2.24, 2.45) is 11.1 Å². The Bertz CT molecular complexity index is 351. The molecule has 2 rings (SSSR count). The summed E-state index contributed by atoms with van der Waals surface area (Å²) in [5.74, 6) is -0.225. The minimum absolute atomic E-state index is 0.197. The van der Waals surface area contributed by atoms with Gasteiger partial charge in [0, 0.05) is 12.0 Å². The second-order valence-corrected chi connectivity index (χ2v) is 4.78. The van der Waals surface area contributed by atoms with Gasteiger partial charge in [0.05, 0.1) is 6.10 Å². The molecule has 0 aliphatic heterocycles. The van der Waals surface area contributed by atoms with Gasteiger partial charge in [0.25, 0.3) is 0 Å². The van der Waals surface area contributed by atoms with Gasteiger partial charge in [-0.1, -0.05) is 18.6 Å². The van der Waals surface area contributed by atoms with E-state index in [1.807, 2.05) is 0 Å². The zero-order valence-corrected chi connectivity index (χ0v) is 9.32. The average molecular weight is 223 g/mol. The van der Waals surface area contributed by atoms with Crippen LogP contribution < -0.4 is 5.73 Å². The Labute approximate surface area is 95.3 Å². The molecule has 0 aromatic heterocycles. The highest BCUT2D eigenvalue weighted by atomic mass is 19.1. The molecule has 0 saturated heterocycles. The quantitative estimate of drug-likeness (QED) is 0.821. The maximum absolute atomic E-state index is 12.8. The summed E-state index contributed by atoms with van der Waals surface area (Å²) in [5, 5.41) is 10.0.